The van der Waals surface area contributed by atoms with Crippen LogP contribution in [-0.4, -0.2) is 33.1 Å². The van der Waals surface area contributed by atoms with Crippen molar-refractivity contribution in [3.05, 3.63) is 59.2 Å². The fraction of sp³-hybridized carbons (Fsp3) is 0.263. The molecule has 0 spiro atoms. The van der Waals surface area contributed by atoms with Gasteiger partial charge in [0.25, 0.3) is 10.0 Å². The second-order valence-corrected chi connectivity index (χ2v) is 7.96. The number of hydrogen-bond donors (Lipinski definition) is 1. The van der Waals surface area contributed by atoms with Crippen LogP contribution in [0.4, 0.5) is 5.69 Å². The van der Waals surface area contributed by atoms with Gasteiger partial charge in [0, 0.05) is 12.1 Å². The van der Waals surface area contributed by atoms with E-state index in [9.17, 15) is 18.0 Å². The fourth-order valence-corrected chi connectivity index (χ4v) is 4.04. The summed E-state index contributed by atoms with van der Waals surface area (Å²) in [5, 5.41) is 0. The third-order valence-corrected chi connectivity index (χ3v) is 5.64. The van der Waals surface area contributed by atoms with Crippen LogP contribution in [0.25, 0.3) is 0 Å². The van der Waals surface area contributed by atoms with E-state index in [1.807, 2.05) is 13.0 Å². The van der Waals surface area contributed by atoms with E-state index in [0.717, 1.165) is 5.56 Å². The van der Waals surface area contributed by atoms with Crippen LogP contribution in [0.5, 0.6) is 0 Å². The third kappa shape index (κ3) is 4.28. The first-order valence-electron chi connectivity index (χ1n) is 8.34. The Balaban J connectivity index is 1.86. The number of nitrogens with one attached hydrogen (secondary N) is 1. The van der Waals surface area contributed by atoms with Crippen molar-refractivity contribution in [1.29, 1.82) is 0 Å². The molecule has 0 aliphatic carbocycles. The van der Waals surface area contributed by atoms with E-state index in [0.29, 0.717) is 11.3 Å². The predicted molar refractivity (Wildman–Crippen MR) is 97.9 cm³/mol. The molecule has 0 unspecified atom stereocenters. The minimum absolute atomic E-state index is 0.0348. The lowest BCUT2D eigenvalue weighted by molar-refractivity contribution is -0.145. The van der Waals surface area contributed by atoms with Crippen molar-refractivity contribution in [2.75, 3.05) is 11.3 Å². The fourth-order valence-electron chi connectivity index (χ4n) is 2.72. The van der Waals surface area contributed by atoms with Crippen molar-refractivity contribution >= 4 is 27.6 Å². The van der Waals surface area contributed by atoms with E-state index in [2.05, 4.69) is 4.72 Å². The minimum atomic E-state index is -3.90. The van der Waals surface area contributed by atoms with E-state index in [4.69, 9.17) is 9.47 Å². The van der Waals surface area contributed by atoms with Crippen LogP contribution >= 0.6 is 0 Å². The van der Waals surface area contributed by atoms with E-state index < -0.39 is 28.1 Å². The van der Waals surface area contributed by atoms with Crippen molar-refractivity contribution in [1.82, 2.24) is 0 Å². The second-order valence-electron chi connectivity index (χ2n) is 6.31. The van der Waals surface area contributed by atoms with Gasteiger partial charge in [-0.05, 0) is 49.2 Å². The maximum atomic E-state index is 12.8. The number of rotatable bonds is 5. The van der Waals surface area contributed by atoms with Gasteiger partial charge in [0.2, 0.25) is 6.10 Å². The van der Waals surface area contributed by atoms with Crippen LogP contribution in [0.1, 0.15) is 27.9 Å². The van der Waals surface area contributed by atoms with Crippen LogP contribution in [0.2, 0.25) is 0 Å². The molecule has 142 valence electrons. The lowest BCUT2D eigenvalue weighted by Crippen LogP contribution is -2.23. The smallest absolute Gasteiger partial charge is 0.347 e. The number of anilines is 1. The molecular weight excluding hydrogens is 370 g/mol. The van der Waals surface area contributed by atoms with Crippen molar-refractivity contribution in [3.63, 3.8) is 0 Å². The highest BCUT2D eigenvalue weighted by atomic mass is 32.2. The number of ether oxygens (including phenoxy) is 2. The van der Waals surface area contributed by atoms with E-state index in [1.54, 1.807) is 25.1 Å². The van der Waals surface area contributed by atoms with Gasteiger partial charge in [-0.3, -0.25) is 4.72 Å². The summed E-state index contributed by atoms with van der Waals surface area (Å²) >= 11 is 0. The molecule has 1 heterocycles. The lowest BCUT2D eigenvalue weighted by Gasteiger charge is -2.13. The van der Waals surface area contributed by atoms with Gasteiger partial charge in [0.1, 0.15) is 0 Å². The summed E-state index contributed by atoms with van der Waals surface area (Å²) in [6.45, 7) is 3.69. The zero-order valence-electron chi connectivity index (χ0n) is 14.9. The molecule has 7 nitrogen and oxygen atoms in total. The standard InChI is InChI=1S/C19H19NO6S/c1-12-4-3-5-15(10-12)20-27(23,24)17-11-14(7-6-13(17)2)18(21)26-16-8-9-25-19(16)22/h3-7,10-11,16,20H,8-9H2,1-2H3/t16-/m1/s1. The molecule has 1 fully saturated rings. The number of benzene rings is 2. The van der Waals surface area contributed by atoms with Gasteiger partial charge < -0.3 is 9.47 Å². The predicted octanol–water partition coefficient (Wildman–Crippen LogP) is 2.58. The first-order chi connectivity index (χ1) is 12.8. The number of esters is 2. The largest absolute Gasteiger partial charge is 0.463 e. The van der Waals surface area contributed by atoms with Gasteiger partial charge in [-0.2, -0.15) is 0 Å². The summed E-state index contributed by atoms with van der Waals surface area (Å²) < 4.78 is 37.9. The molecule has 0 bridgehead atoms. The van der Waals surface area contributed by atoms with Gasteiger partial charge in [0.15, 0.2) is 0 Å². The van der Waals surface area contributed by atoms with Gasteiger partial charge >= 0.3 is 11.9 Å². The molecule has 27 heavy (non-hydrogen) atoms. The molecule has 0 radical (unpaired) electrons. The number of aryl methyl sites for hydroxylation is 2. The SMILES string of the molecule is Cc1cccc(NS(=O)(=O)c2cc(C(=O)O[C@@H]3CCOC3=O)ccc2C)c1. The molecule has 1 N–H and O–H groups in total. The first-order valence-corrected chi connectivity index (χ1v) is 9.82. The summed E-state index contributed by atoms with van der Waals surface area (Å²) in [4.78, 5) is 23.7. The molecule has 0 aromatic heterocycles. The number of cyclic esters (lactones) is 1. The number of carbonyl (C=O) groups is 2. The number of sulfonamides is 1. The molecule has 1 aliphatic heterocycles. The number of hydrogen-bond acceptors (Lipinski definition) is 6. The molecule has 1 aliphatic rings. The van der Waals surface area contributed by atoms with Crippen LogP contribution in [0.3, 0.4) is 0 Å². The molecule has 1 saturated heterocycles. The first kappa shape index (κ1) is 18.9. The van der Waals surface area contributed by atoms with Gasteiger partial charge in [-0.1, -0.05) is 18.2 Å². The quantitative estimate of drug-likeness (QED) is 0.789. The molecule has 2 aromatic carbocycles. The summed E-state index contributed by atoms with van der Waals surface area (Å²) in [6.07, 6.45) is -0.666. The van der Waals surface area contributed by atoms with Gasteiger partial charge in [-0.15, -0.1) is 0 Å². The summed E-state index contributed by atoms with van der Waals surface area (Å²) in [6, 6.07) is 11.2. The normalized spacial score (nSPS) is 16.7. The maximum Gasteiger partial charge on any atom is 0.347 e. The summed E-state index contributed by atoms with van der Waals surface area (Å²) in [5.74, 6) is -1.37. The molecule has 2 aromatic rings. The lowest BCUT2D eigenvalue weighted by atomic mass is 10.1. The Hall–Kier alpha value is -2.87. The van der Waals surface area contributed by atoms with Gasteiger partial charge in [0.05, 0.1) is 17.1 Å². The topological polar surface area (TPSA) is 98.8 Å². The Kier molecular flexibility index (Phi) is 5.18. The monoisotopic (exact) mass is 389 g/mol. The average Bonchev–Trinajstić information content (AvgIpc) is 2.99. The summed E-state index contributed by atoms with van der Waals surface area (Å²) in [5.41, 5.74) is 1.86. The Morgan fingerprint density at radius 3 is 2.63 bits per heavy atom. The van der Waals surface area contributed by atoms with Crippen molar-refractivity contribution in [2.45, 2.75) is 31.3 Å². The van der Waals surface area contributed by atoms with Crippen molar-refractivity contribution in [3.8, 4) is 0 Å². The second kappa shape index (κ2) is 7.40. The highest BCUT2D eigenvalue weighted by Crippen LogP contribution is 2.22. The zero-order chi connectivity index (χ0) is 19.6. The zero-order valence-corrected chi connectivity index (χ0v) is 15.7. The van der Waals surface area contributed by atoms with Crippen LogP contribution in [0, 0.1) is 13.8 Å². The minimum Gasteiger partial charge on any atom is -0.463 e. The maximum absolute atomic E-state index is 12.8. The molecule has 0 saturated carbocycles. The van der Waals surface area contributed by atoms with E-state index in [1.165, 1.54) is 18.2 Å². The third-order valence-electron chi connectivity index (χ3n) is 4.12. The average molecular weight is 389 g/mol. The molecule has 1 atom stereocenters. The van der Waals surface area contributed by atoms with Crippen molar-refractivity contribution in [2.24, 2.45) is 0 Å². The van der Waals surface area contributed by atoms with E-state index in [-0.39, 0.29) is 23.5 Å². The Labute approximate surface area is 157 Å². The highest BCUT2D eigenvalue weighted by Gasteiger charge is 2.31. The summed E-state index contributed by atoms with van der Waals surface area (Å²) in [7, 11) is -3.90. The molecule has 3 rings (SSSR count). The van der Waals surface area contributed by atoms with Crippen LogP contribution in [-0.2, 0) is 24.3 Å². The molecule has 8 heteroatoms. The van der Waals surface area contributed by atoms with Crippen LogP contribution < -0.4 is 4.72 Å². The van der Waals surface area contributed by atoms with E-state index >= 15 is 0 Å². The van der Waals surface area contributed by atoms with Crippen LogP contribution in [0.15, 0.2) is 47.4 Å². The Morgan fingerprint density at radius 1 is 1.19 bits per heavy atom. The Bertz CT molecular complexity index is 999. The van der Waals surface area contributed by atoms with Crippen molar-refractivity contribution < 1.29 is 27.5 Å². The van der Waals surface area contributed by atoms with Gasteiger partial charge in [-0.25, -0.2) is 18.0 Å². The molecular formula is C19H19NO6S. The number of carbonyl (C=O) groups excluding carboxylic acids is 2. The highest BCUT2D eigenvalue weighted by molar-refractivity contribution is 7.92. The Morgan fingerprint density at radius 2 is 1.96 bits per heavy atom. The molecule has 0 amide bonds.